The molecule has 0 fully saturated rings. The minimum atomic E-state index is -0.558. The zero-order valence-electron chi connectivity index (χ0n) is 8.67. The van der Waals surface area contributed by atoms with Gasteiger partial charge in [0.1, 0.15) is 12.4 Å². The molecule has 16 heavy (non-hydrogen) atoms. The van der Waals surface area contributed by atoms with Crippen LogP contribution in [0.1, 0.15) is 18.5 Å². The minimum Gasteiger partial charge on any atom is -0.368 e. The average molecular weight is 291 g/mol. The van der Waals surface area contributed by atoms with Crippen LogP contribution in [0.2, 0.25) is 0 Å². The Balaban J connectivity index is 2.58. The number of primary amides is 1. The smallest absolute Gasteiger partial charge is 0.245 e. The van der Waals surface area contributed by atoms with Crippen molar-refractivity contribution in [2.45, 2.75) is 13.0 Å². The number of hydrogen-bond acceptors (Lipinski definition) is 3. The fourth-order valence-corrected chi connectivity index (χ4v) is 1.85. The highest BCUT2D eigenvalue weighted by atomic mass is 79.9. The van der Waals surface area contributed by atoms with E-state index < -0.39 is 5.91 Å². The lowest BCUT2D eigenvalue weighted by molar-refractivity contribution is -0.126. The molecule has 0 saturated heterocycles. The lowest BCUT2D eigenvalue weighted by Crippen LogP contribution is -2.26. The number of amides is 1. The molecule has 6 heteroatoms. The molecule has 1 rings (SSSR count). The third kappa shape index (κ3) is 3.88. The molecule has 0 aliphatic carbocycles. The topological polar surface area (TPSA) is 64.3 Å². The number of hydrogen-bond donors (Lipinski definition) is 2. The molecule has 1 amide bonds. The Hall–Kier alpha value is -0.980. The van der Waals surface area contributed by atoms with E-state index in [9.17, 15) is 9.18 Å². The Morgan fingerprint density at radius 3 is 2.94 bits per heavy atom. The summed E-state index contributed by atoms with van der Waals surface area (Å²) in [4.78, 5) is 15.3. The van der Waals surface area contributed by atoms with E-state index in [0.717, 1.165) is 5.56 Å². The maximum absolute atomic E-state index is 12.8. The average Bonchev–Trinajstić information content (AvgIpc) is 2.16. The van der Waals surface area contributed by atoms with Crippen LogP contribution in [0.15, 0.2) is 22.7 Å². The first-order chi connectivity index (χ1) is 7.50. The standard InChI is InChI=1S/C10H12BrFN2O2/c1-6(14-16-5-10(13)15)8-3-2-7(12)4-9(8)11/h2-4,6,14H,5H2,1H3,(H2,13,15). The molecule has 0 saturated carbocycles. The zero-order valence-corrected chi connectivity index (χ0v) is 10.3. The van der Waals surface area contributed by atoms with Gasteiger partial charge in [0, 0.05) is 4.47 Å². The fourth-order valence-electron chi connectivity index (χ4n) is 1.15. The molecule has 0 aromatic heterocycles. The van der Waals surface area contributed by atoms with Gasteiger partial charge < -0.3 is 5.73 Å². The van der Waals surface area contributed by atoms with Gasteiger partial charge in [-0.2, -0.15) is 5.48 Å². The van der Waals surface area contributed by atoms with Crippen molar-refractivity contribution in [3.8, 4) is 0 Å². The van der Waals surface area contributed by atoms with Gasteiger partial charge in [-0.15, -0.1) is 0 Å². The van der Waals surface area contributed by atoms with Crippen molar-refractivity contribution >= 4 is 21.8 Å². The molecule has 0 aliphatic heterocycles. The first kappa shape index (κ1) is 13.1. The van der Waals surface area contributed by atoms with Crippen molar-refractivity contribution in [3.05, 3.63) is 34.1 Å². The van der Waals surface area contributed by atoms with E-state index >= 15 is 0 Å². The van der Waals surface area contributed by atoms with E-state index in [2.05, 4.69) is 21.4 Å². The summed E-state index contributed by atoms with van der Waals surface area (Å²) in [6, 6.07) is 4.16. The van der Waals surface area contributed by atoms with Crippen LogP contribution in [0.25, 0.3) is 0 Å². The summed E-state index contributed by atoms with van der Waals surface area (Å²) < 4.78 is 13.5. The number of rotatable bonds is 5. The highest BCUT2D eigenvalue weighted by Crippen LogP contribution is 2.23. The van der Waals surface area contributed by atoms with Crippen LogP contribution >= 0.6 is 15.9 Å². The number of carbonyl (C=O) groups is 1. The van der Waals surface area contributed by atoms with E-state index in [1.807, 2.05) is 6.92 Å². The van der Waals surface area contributed by atoms with Gasteiger partial charge in [-0.05, 0) is 24.6 Å². The first-order valence-corrected chi connectivity index (χ1v) is 5.40. The van der Waals surface area contributed by atoms with Crippen molar-refractivity contribution in [3.63, 3.8) is 0 Å². The van der Waals surface area contributed by atoms with Crippen molar-refractivity contribution in [2.24, 2.45) is 5.73 Å². The van der Waals surface area contributed by atoms with E-state index in [1.165, 1.54) is 12.1 Å². The monoisotopic (exact) mass is 290 g/mol. The third-order valence-electron chi connectivity index (χ3n) is 1.90. The van der Waals surface area contributed by atoms with Crippen LogP contribution in [0.4, 0.5) is 4.39 Å². The Labute approximate surface area is 101 Å². The van der Waals surface area contributed by atoms with E-state index in [-0.39, 0.29) is 18.5 Å². The molecule has 4 nitrogen and oxygen atoms in total. The van der Waals surface area contributed by atoms with Crippen LogP contribution in [-0.4, -0.2) is 12.5 Å². The number of nitrogens with two attached hydrogens (primary N) is 1. The van der Waals surface area contributed by atoms with Crippen LogP contribution in [-0.2, 0) is 9.63 Å². The quantitative estimate of drug-likeness (QED) is 0.811. The van der Waals surface area contributed by atoms with Crippen LogP contribution in [0.3, 0.4) is 0 Å². The molecule has 0 heterocycles. The zero-order chi connectivity index (χ0) is 12.1. The van der Waals surface area contributed by atoms with Gasteiger partial charge in [-0.25, -0.2) is 4.39 Å². The van der Waals surface area contributed by atoms with Gasteiger partial charge in [0.05, 0.1) is 6.04 Å². The lowest BCUT2D eigenvalue weighted by Gasteiger charge is -2.14. The summed E-state index contributed by atoms with van der Waals surface area (Å²) >= 11 is 3.24. The van der Waals surface area contributed by atoms with Gasteiger partial charge in [0.2, 0.25) is 5.91 Å². The van der Waals surface area contributed by atoms with Crippen molar-refractivity contribution in [2.75, 3.05) is 6.61 Å². The molecule has 1 aromatic carbocycles. The molecular weight excluding hydrogens is 279 g/mol. The second-order valence-electron chi connectivity index (χ2n) is 3.26. The summed E-state index contributed by atoms with van der Waals surface area (Å²) in [5, 5.41) is 0. The summed E-state index contributed by atoms with van der Waals surface area (Å²) in [6.45, 7) is 1.61. The normalized spacial score (nSPS) is 12.4. The predicted molar refractivity (Wildman–Crippen MR) is 60.8 cm³/mol. The Morgan fingerprint density at radius 1 is 1.69 bits per heavy atom. The van der Waals surface area contributed by atoms with E-state index in [0.29, 0.717) is 4.47 Å². The summed E-state index contributed by atoms with van der Waals surface area (Å²) in [7, 11) is 0. The fraction of sp³-hybridized carbons (Fsp3) is 0.300. The van der Waals surface area contributed by atoms with Crippen molar-refractivity contribution in [1.82, 2.24) is 5.48 Å². The molecule has 0 radical (unpaired) electrons. The Bertz CT molecular complexity index is 387. The molecule has 88 valence electrons. The summed E-state index contributed by atoms with van der Waals surface area (Å²) in [6.07, 6.45) is 0. The number of halogens is 2. The molecule has 1 unspecified atom stereocenters. The molecular formula is C10H12BrFN2O2. The van der Waals surface area contributed by atoms with Gasteiger partial charge in [-0.1, -0.05) is 22.0 Å². The van der Waals surface area contributed by atoms with Crippen molar-refractivity contribution in [1.29, 1.82) is 0 Å². The first-order valence-electron chi connectivity index (χ1n) is 4.61. The molecule has 0 spiro atoms. The largest absolute Gasteiger partial charge is 0.368 e. The van der Waals surface area contributed by atoms with Crippen LogP contribution < -0.4 is 11.2 Å². The van der Waals surface area contributed by atoms with Gasteiger partial charge in [0.15, 0.2) is 0 Å². The number of benzene rings is 1. The maximum Gasteiger partial charge on any atom is 0.245 e. The molecule has 1 atom stereocenters. The van der Waals surface area contributed by atoms with E-state index in [1.54, 1.807) is 6.07 Å². The number of carbonyl (C=O) groups excluding carboxylic acids is 1. The summed E-state index contributed by atoms with van der Waals surface area (Å²) in [5.74, 6) is -0.876. The predicted octanol–water partition coefficient (Wildman–Crippen LogP) is 1.66. The Morgan fingerprint density at radius 2 is 2.38 bits per heavy atom. The van der Waals surface area contributed by atoms with Gasteiger partial charge >= 0.3 is 0 Å². The van der Waals surface area contributed by atoms with Crippen LogP contribution in [0.5, 0.6) is 0 Å². The number of nitrogens with one attached hydrogen (secondary N) is 1. The third-order valence-corrected chi connectivity index (χ3v) is 2.59. The SMILES string of the molecule is CC(NOCC(N)=O)c1ccc(F)cc1Br. The molecule has 3 N–H and O–H groups in total. The van der Waals surface area contributed by atoms with Crippen molar-refractivity contribution < 1.29 is 14.0 Å². The summed E-state index contributed by atoms with van der Waals surface area (Å²) in [5.41, 5.74) is 8.37. The molecule has 0 bridgehead atoms. The lowest BCUT2D eigenvalue weighted by atomic mass is 10.1. The molecule has 1 aromatic rings. The number of hydroxylamine groups is 1. The Kier molecular flexibility index (Phi) is 4.85. The highest BCUT2D eigenvalue weighted by molar-refractivity contribution is 9.10. The van der Waals surface area contributed by atoms with E-state index in [4.69, 9.17) is 10.6 Å². The minimum absolute atomic E-state index is 0.186. The molecule has 0 aliphatic rings. The highest BCUT2D eigenvalue weighted by Gasteiger charge is 2.10. The second kappa shape index (κ2) is 5.93. The van der Waals surface area contributed by atoms with Gasteiger partial charge in [-0.3, -0.25) is 9.63 Å². The second-order valence-corrected chi connectivity index (χ2v) is 4.11. The van der Waals surface area contributed by atoms with Gasteiger partial charge in [0.25, 0.3) is 0 Å². The maximum atomic E-state index is 12.8. The van der Waals surface area contributed by atoms with Crippen LogP contribution in [0, 0.1) is 5.82 Å².